The molecule has 0 spiro atoms. The monoisotopic (exact) mass is 664 g/mol. The van der Waals surface area contributed by atoms with Crippen molar-refractivity contribution in [1.82, 2.24) is 0 Å². The number of phenolic OH excluding ortho intramolecular Hbond substituents is 1. The molecular weight excluding hydrogens is 619 g/mol. The van der Waals surface area contributed by atoms with Crippen LogP contribution in [0.5, 0.6) is 5.75 Å². The molecule has 1 aliphatic rings. The summed E-state index contributed by atoms with van der Waals surface area (Å²) in [6.45, 7) is 14.9. The van der Waals surface area contributed by atoms with Crippen molar-refractivity contribution < 1.29 is 18.8 Å². The molecule has 0 saturated heterocycles. The van der Waals surface area contributed by atoms with Crippen molar-refractivity contribution in [3.63, 3.8) is 0 Å². The number of aromatic nitrogens is 2. The zero-order chi connectivity index (χ0) is 34.6. The lowest BCUT2D eigenvalue weighted by molar-refractivity contribution is -0.688. The van der Waals surface area contributed by atoms with E-state index in [0.717, 1.165) is 44.7 Å². The highest BCUT2D eigenvalue weighted by Gasteiger charge is 2.42. The van der Waals surface area contributed by atoms with Gasteiger partial charge in [0.2, 0.25) is 0 Å². The molecule has 5 heteroatoms. The maximum absolute atomic E-state index is 15.6. The Morgan fingerprint density at radius 1 is 0.551 bits per heavy atom. The molecule has 1 aliphatic heterocycles. The van der Waals surface area contributed by atoms with Crippen LogP contribution in [0.15, 0.2) is 134 Å². The molecule has 1 unspecified atom stereocenters. The van der Waals surface area contributed by atoms with Gasteiger partial charge in [0.1, 0.15) is 5.75 Å². The maximum atomic E-state index is 15.6. The Morgan fingerprint density at radius 2 is 1.06 bits per heavy atom. The second kappa shape index (κ2) is 12.3. The van der Waals surface area contributed by atoms with E-state index in [1.807, 2.05) is 12.1 Å². The normalized spacial score (nSPS) is 15.6. The summed E-state index contributed by atoms with van der Waals surface area (Å²) in [5.41, 5.74) is 9.43. The van der Waals surface area contributed by atoms with Gasteiger partial charge >= 0.3 is 0 Å². The van der Waals surface area contributed by atoms with Gasteiger partial charge in [-0.1, -0.05) is 102 Å². The summed E-state index contributed by atoms with van der Waals surface area (Å²) in [7, 11) is -3.24. The number of fused-ring (bicyclic) bond motifs is 3. The van der Waals surface area contributed by atoms with Crippen molar-refractivity contribution in [2.75, 3.05) is 0 Å². The number of benzene rings is 4. The van der Waals surface area contributed by atoms with Crippen LogP contribution in [0.2, 0.25) is 0 Å². The Hall–Kier alpha value is -4.79. The number of phenols is 1. The molecule has 0 amide bonds. The molecule has 246 valence electrons. The van der Waals surface area contributed by atoms with Crippen LogP contribution in [0.4, 0.5) is 0 Å². The highest BCUT2D eigenvalue weighted by molar-refractivity contribution is 7.86. The second-order valence-electron chi connectivity index (χ2n) is 15.4. The third kappa shape index (κ3) is 6.38. The van der Waals surface area contributed by atoms with Gasteiger partial charge < -0.3 is 9.67 Å². The van der Waals surface area contributed by atoms with Crippen molar-refractivity contribution >= 4 is 23.1 Å². The van der Waals surface area contributed by atoms with Crippen LogP contribution in [0.3, 0.4) is 0 Å². The fraction of sp³-hybridized carbons (Fsp3) is 0.227. The number of nitrogens with zero attached hydrogens (tertiary/aromatic N) is 2. The molecule has 0 aliphatic carbocycles. The highest BCUT2D eigenvalue weighted by Crippen LogP contribution is 2.52. The number of aromatic hydroxyl groups is 1. The topological polar surface area (TPSA) is 45.1 Å². The molecule has 6 aromatic rings. The van der Waals surface area contributed by atoms with E-state index in [1.54, 1.807) is 12.1 Å². The van der Waals surface area contributed by atoms with Gasteiger partial charge in [0.25, 0.3) is 0 Å². The van der Waals surface area contributed by atoms with Gasteiger partial charge in [-0.2, -0.15) is 4.57 Å². The highest BCUT2D eigenvalue weighted by atomic mass is 31.2. The smallest absolute Gasteiger partial charge is 0.181 e. The average Bonchev–Trinajstić information content (AvgIpc) is 3.32. The Kier molecular flexibility index (Phi) is 8.20. The van der Waals surface area contributed by atoms with Gasteiger partial charge in [-0.25, -0.2) is 4.57 Å². The summed E-state index contributed by atoms with van der Waals surface area (Å²) in [6.07, 6.45) is 8.39. The van der Waals surface area contributed by atoms with Crippen LogP contribution in [0, 0.1) is 0 Å². The average molecular weight is 665 g/mol. The Bertz CT molecular complexity index is 2190. The number of hydrogen-bond donors (Lipinski definition) is 1. The predicted octanol–water partition coefficient (Wildman–Crippen LogP) is 7.95. The van der Waals surface area contributed by atoms with Crippen LogP contribution in [0.25, 0.3) is 22.3 Å². The number of hydrogen-bond acceptors (Lipinski definition) is 2. The minimum absolute atomic E-state index is 0.0976. The molecule has 0 bridgehead atoms. The molecule has 0 fully saturated rings. The summed E-state index contributed by atoms with van der Waals surface area (Å²) in [5.74, 6) is 0.160. The fourth-order valence-electron chi connectivity index (χ4n) is 6.77. The van der Waals surface area contributed by atoms with Gasteiger partial charge in [0, 0.05) is 45.5 Å². The van der Waals surface area contributed by atoms with Crippen molar-refractivity contribution in [3.05, 3.63) is 156 Å². The first-order valence-corrected chi connectivity index (χ1v) is 18.8. The summed E-state index contributed by atoms with van der Waals surface area (Å²) in [6, 6.07) is 37.3. The summed E-state index contributed by atoms with van der Waals surface area (Å²) in [4.78, 5) is 0. The standard InChI is InChI=1S/C44H44N2O2P/c1-43(2,3)35-12-7-31(8-13-35)28-45-24-21-33(22-25-45)34-11-20-39-40-23-26-46(29-32-9-14-36(15-10-32)44(4,5)6)30-42(40)49(48,41(39)27-34)38-18-16-37(47)17-19-38/h7-27,30H,28-29H2,1-6H3/q+1/p+1. The summed E-state index contributed by atoms with van der Waals surface area (Å²) in [5, 5.41) is 12.5. The van der Waals surface area contributed by atoms with E-state index in [0.29, 0.717) is 6.54 Å². The number of pyridine rings is 2. The Labute approximate surface area is 290 Å². The van der Waals surface area contributed by atoms with Crippen LogP contribution in [-0.4, -0.2) is 5.11 Å². The molecule has 3 heterocycles. The lowest BCUT2D eigenvalue weighted by atomic mass is 9.87. The summed E-state index contributed by atoms with van der Waals surface area (Å²) < 4.78 is 19.9. The van der Waals surface area contributed by atoms with E-state index < -0.39 is 7.14 Å². The first-order chi connectivity index (χ1) is 23.3. The zero-order valence-corrected chi connectivity index (χ0v) is 30.2. The molecule has 2 aromatic heterocycles. The van der Waals surface area contributed by atoms with Crippen molar-refractivity contribution in [2.45, 2.75) is 65.5 Å². The van der Waals surface area contributed by atoms with Crippen LogP contribution in [0.1, 0.15) is 63.8 Å². The zero-order valence-electron chi connectivity index (χ0n) is 29.3. The van der Waals surface area contributed by atoms with E-state index in [-0.39, 0.29) is 16.6 Å². The third-order valence-electron chi connectivity index (χ3n) is 9.77. The van der Waals surface area contributed by atoms with Crippen molar-refractivity contribution in [1.29, 1.82) is 0 Å². The number of rotatable bonds is 6. The molecular formula is C44H45N2O2P+2. The molecule has 0 radical (unpaired) electrons. The maximum Gasteiger partial charge on any atom is 0.181 e. The first kappa shape index (κ1) is 32.7. The molecule has 0 saturated carbocycles. The molecule has 49 heavy (non-hydrogen) atoms. The second-order valence-corrected chi connectivity index (χ2v) is 18.1. The van der Waals surface area contributed by atoms with E-state index in [2.05, 4.69) is 160 Å². The van der Waals surface area contributed by atoms with Gasteiger partial charge in [-0.05, 0) is 69.0 Å². The SMILES string of the molecule is CC(C)(C)c1ccc(C[n+]2ccc(-c3ccc4c(c3)P(=O)(c3ccc(O)cc3)c3c[n+](Cc5ccc(C(C)(C)C)cc5)ccc3-4)cc2)cc1. The molecule has 1 atom stereocenters. The largest absolute Gasteiger partial charge is 0.508 e. The van der Waals surface area contributed by atoms with Crippen LogP contribution in [-0.2, 0) is 28.5 Å². The first-order valence-electron chi connectivity index (χ1n) is 17.1. The van der Waals surface area contributed by atoms with E-state index >= 15 is 4.57 Å². The van der Waals surface area contributed by atoms with Gasteiger partial charge in [-0.15, -0.1) is 0 Å². The van der Waals surface area contributed by atoms with E-state index in [1.165, 1.54) is 22.3 Å². The van der Waals surface area contributed by atoms with E-state index in [9.17, 15) is 5.11 Å². The molecule has 1 N–H and O–H groups in total. The Balaban J connectivity index is 1.21. The third-order valence-corrected chi connectivity index (χ3v) is 12.9. The van der Waals surface area contributed by atoms with Gasteiger partial charge in [0.15, 0.2) is 45.0 Å². The lowest BCUT2D eigenvalue weighted by Crippen LogP contribution is -2.37. The molecule has 4 aromatic carbocycles. The molecule has 4 nitrogen and oxygen atoms in total. The van der Waals surface area contributed by atoms with E-state index in [4.69, 9.17) is 0 Å². The Morgan fingerprint density at radius 3 is 1.61 bits per heavy atom. The van der Waals surface area contributed by atoms with Gasteiger partial charge in [0.05, 0.1) is 5.30 Å². The van der Waals surface area contributed by atoms with Crippen LogP contribution >= 0.6 is 7.14 Å². The summed E-state index contributed by atoms with van der Waals surface area (Å²) >= 11 is 0. The van der Waals surface area contributed by atoms with Crippen molar-refractivity contribution in [2.24, 2.45) is 0 Å². The minimum Gasteiger partial charge on any atom is -0.508 e. The van der Waals surface area contributed by atoms with Crippen molar-refractivity contribution in [3.8, 4) is 28.0 Å². The van der Waals surface area contributed by atoms with Gasteiger partial charge in [-0.3, -0.25) is 0 Å². The van der Waals surface area contributed by atoms with Crippen LogP contribution < -0.4 is 25.0 Å². The predicted molar refractivity (Wildman–Crippen MR) is 201 cm³/mol. The fourth-order valence-corrected chi connectivity index (χ4v) is 9.85. The lowest BCUT2D eigenvalue weighted by Gasteiger charge is -2.18. The molecule has 7 rings (SSSR count). The minimum atomic E-state index is -3.24. The quantitative estimate of drug-likeness (QED) is 0.145.